The number of aliphatic hydroxyl groups excluding tert-OH is 9. The highest BCUT2D eigenvalue weighted by Crippen LogP contribution is 2.77. The lowest BCUT2D eigenvalue weighted by atomic mass is 9.33. The van der Waals surface area contributed by atoms with E-state index in [1.165, 1.54) is 12.5 Å². The van der Waals surface area contributed by atoms with Crippen molar-refractivity contribution in [2.75, 3.05) is 19.8 Å². The molecule has 70 heavy (non-hydrogen) atoms. The molecule has 10 N–H and O–H groups in total. The molecule has 4 saturated carbocycles. The number of hydrogen-bond donors (Lipinski definition) is 10. The summed E-state index contributed by atoms with van der Waals surface area (Å²) >= 11 is 0. The number of carboxylic acid groups (broad SMARTS) is 1. The highest BCUT2D eigenvalue weighted by molar-refractivity contribution is 5.82. The van der Waals surface area contributed by atoms with Crippen LogP contribution in [0.3, 0.4) is 0 Å². The van der Waals surface area contributed by atoms with Crippen molar-refractivity contribution in [1.29, 1.82) is 0 Å². The van der Waals surface area contributed by atoms with Crippen LogP contribution in [0, 0.1) is 50.2 Å². The molecule has 25 atom stereocenters. The SMILES string of the molecule is CC(=O)OC1CC23CC(OC2=O)C2(C)C(=CCC4C5(C)CCC(OC6OC(C(=O)O)C(O)C(O)C6OC6OC(CO)C(O)C(O)C6OC6OCC(O)C(O)C6O)C(C)(C)C5CCC42C)C3CC1(C)CO. The first-order chi connectivity index (χ1) is 32.7. The molecule has 4 saturated heterocycles. The zero-order valence-corrected chi connectivity index (χ0v) is 40.9. The Balaban J connectivity index is 0.990. The summed E-state index contributed by atoms with van der Waals surface area (Å²) in [5.41, 5.74) is -2.34. The van der Waals surface area contributed by atoms with Crippen LogP contribution in [0.25, 0.3) is 0 Å². The zero-order chi connectivity index (χ0) is 51.0. The van der Waals surface area contributed by atoms with Crippen molar-refractivity contribution < 1.29 is 103 Å². The van der Waals surface area contributed by atoms with Gasteiger partial charge in [-0.25, -0.2) is 4.79 Å². The van der Waals surface area contributed by atoms with Crippen LogP contribution in [0.1, 0.15) is 99.8 Å². The fourth-order valence-electron chi connectivity index (χ4n) is 15.7. The van der Waals surface area contributed by atoms with E-state index in [0.717, 1.165) is 19.3 Å². The number of rotatable bonds is 10. The molecule has 0 aromatic carbocycles. The molecule has 0 aromatic heterocycles. The van der Waals surface area contributed by atoms with Crippen LogP contribution in [0.2, 0.25) is 0 Å². The van der Waals surface area contributed by atoms with E-state index in [2.05, 4.69) is 40.7 Å². The summed E-state index contributed by atoms with van der Waals surface area (Å²) in [6.07, 6.45) is -19.9. The van der Waals surface area contributed by atoms with Crippen LogP contribution >= 0.6 is 0 Å². The number of ether oxygens (including phenoxy) is 8. The number of fused-ring (bicyclic) bond motifs is 8. The second-order valence-corrected chi connectivity index (χ2v) is 23.7. The van der Waals surface area contributed by atoms with Crippen molar-refractivity contribution in [3.05, 3.63) is 11.6 Å². The van der Waals surface area contributed by atoms with Gasteiger partial charge in [-0.3, -0.25) is 9.59 Å². The van der Waals surface area contributed by atoms with E-state index < -0.39 is 151 Å². The summed E-state index contributed by atoms with van der Waals surface area (Å²) in [4.78, 5) is 39.0. The topological polar surface area (TPSA) is 327 Å². The van der Waals surface area contributed by atoms with Gasteiger partial charge in [0.15, 0.2) is 25.0 Å². The van der Waals surface area contributed by atoms with E-state index in [9.17, 15) is 65.4 Å². The molecule has 21 nitrogen and oxygen atoms in total. The fraction of sp³-hybridized carbons (Fsp3) is 0.898. The molecular weight excluding hydrogens is 925 g/mol. The molecule has 1 spiro atoms. The molecule has 4 heterocycles. The van der Waals surface area contributed by atoms with Crippen LogP contribution in [-0.2, 0) is 52.3 Å². The van der Waals surface area contributed by atoms with Crippen LogP contribution in [0.4, 0.5) is 0 Å². The third kappa shape index (κ3) is 7.68. The first kappa shape index (κ1) is 52.4. The van der Waals surface area contributed by atoms with Crippen molar-refractivity contribution in [3.63, 3.8) is 0 Å². The van der Waals surface area contributed by atoms with Gasteiger partial charge in [-0.2, -0.15) is 0 Å². The second-order valence-electron chi connectivity index (χ2n) is 23.7. The first-order valence-corrected chi connectivity index (χ1v) is 24.9. The van der Waals surface area contributed by atoms with Crippen LogP contribution in [-0.4, -0.2) is 193 Å². The van der Waals surface area contributed by atoms with Crippen molar-refractivity contribution in [3.8, 4) is 0 Å². The normalized spacial score (nSPS) is 53.8. The number of carboxylic acids is 1. The first-order valence-electron chi connectivity index (χ1n) is 24.9. The van der Waals surface area contributed by atoms with Crippen LogP contribution < -0.4 is 0 Å². The fourth-order valence-corrected chi connectivity index (χ4v) is 15.7. The van der Waals surface area contributed by atoms with Gasteiger partial charge in [-0.15, -0.1) is 0 Å². The van der Waals surface area contributed by atoms with E-state index in [1.807, 2.05) is 6.92 Å². The smallest absolute Gasteiger partial charge is 0.335 e. The minimum absolute atomic E-state index is 0.00646. The third-order valence-electron chi connectivity index (χ3n) is 19.9. The minimum Gasteiger partial charge on any atom is -0.479 e. The monoisotopic (exact) mass is 998 g/mol. The van der Waals surface area contributed by atoms with E-state index in [0.29, 0.717) is 25.7 Å². The van der Waals surface area contributed by atoms with Gasteiger partial charge in [0.1, 0.15) is 73.2 Å². The van der Waals surface area contributed by atoms with E-state index in [4.69, 9.17) is 37.9 Å². The van der Waals surface area contributed by atoms with Gasteiger partial charge in [0.25, 0.3) is 0 Å². The predicted molar refractivity (Wildman–Crippen MR) is 235 cm³/mol. The predicted octanol–water partition coefficient (Wildman–Crippen LogP) is -0.598. The molecule has 8 fully saturated rings. The second kappa shape index (κ2) is 18.1. The largest absolute Gasteiger partial charge is 0.479 e. The highest BCUT2D eigenvalue weighted by Gasteiger charge is 2.76. The number of carbonyl (C=O) groups excluding carboxylic acids is 2. The number of aliphatic hydroxyl groups is 9. The summed E-state index contributed by atoms with van der Waals surface area (Å²) in [5.74, 6) is -2.44. The maximum absolute atomic E-state index is 14.3. The standard InChI is InChI=1S/C49H74O21/c1-20(52)64-28-15-49-16-29(67-43(49)62)48(7)21(22(49)14-45(28,4)19-51)8-9-26-46(5)12-11-27(44(2,3)25(46)10-13-47(26,48)6)66-42-38(34(58)33(57)36(68-42)39(60)61)70-41-37(32(56)31(55)24(17-50)65-41)69-40-35(59)30(54)23(53)18-63-40/h8,22-38,40-42,50-51,53-59H,9-19H2,1-7H3,(H,60,61). The van der Waals surface area contributed by atoms with Gasteiger partial charge in [-0.1, -0.05) is 53.2 Å². The number of allylic oxidation sites excluding steroid dienone is 1. The average Bonchev–Trinajstić information content (AvgIpc) is 3.60. The van der Waals surface area contributed by atoms with E-state index in [1.54, 1.807) is 0 Å². The summed E-state index contributed by atoms with van der Waals surface area (Å²) in [6.45, 7) is 12.8. The average molecular weight is 999 g/mol. The Morgan fingerprint density at radius 1 is 0.743 bits per heavy atom. The summed E-state index contributed by atoms with van der Waals surface area (Å²) in [7, 11) is 0. The Morgan fingerprint density at radius 3 is 2.04 bits per heavy atom. The van der Waals surface area contributed by atoms with Gasteiger partial charge in [0.05, 0.1) is 31.3 Å². The third-order valence-corrected chi connectivity index (χ3v) is 19.9. The van der Waals surface area contributed by atoms with Gasteiger partial charge < -0.3 is 89.0 Å². The van der Waals surface area contributed by atoms with Gasteiger partial charge in [-0.05, 0) is 72.5 Å². The number of aliphatic carboxylic acids is 1. The van der Waals surface area contributed by atoms with E-state index in [-0.39, 0.29) is 47.6 Å². The minimum atomic E-state index is -2.07. The molecule has 0 aromatic rings. The Morgan fingerprint density at radius 2 is 1.40 bits per heavy atom. The van der Waals surface area contributed by atoms with Crippen molar-refractivity contribution in [1.82, 2.24) is 0 Å². The molecule has 9 rings (SSSR count). The van der Waals surface area contributed by atoms with E-state index >= 15 is 0 Å². The molecule has 4 aliphatic heterocycles. The lowest BCUT2D eigenvalue weighted by Crippen LogP contribution is -2.68. The molecule has 9 aliphatic rings. The van der Waals surface area contributed by atoms with Gasteiger partial charge >= 0.3 is 17.9 Å². The number of esters is 2. The number of hydrogen-bond acceptors (Lipinski definition) is 20. The quantitative estimate of drug-likeness (QED) is 0.0742. The Bertz CT molecular complexity index is 2050. The molecule has 25 unspecified atom stereocenters. The molecule has 5 aliphatic carbocycles. The zero-order valence-electron chi connectivity index (χ0n) is 40.9. The van der Waals surface area contributed by atoms with Crippen molar-refractivity contribution >= 4 is 17.9 Å². The maximum Gasteiger partial charge on any atom is 0.335 e. The Hall–Kier alpha value is -2.45. The lowest BCUT2D eigenvalue weighted by Gasteiger charge is -2.71. The lowest BCUT2D eigenvalue weighted by molar-refractivity contribution is -0.392. The molecule has 0 radical (unpaired) electrons. The van der Waals surface area contributed by atoms with Crippen LogP contribution in [0.15, 0.2) is 11.6 Å². The molecule has 0 amide bonds. The molecule has 21 heteroatoms. The summed E-state index contributed by atoms with van der Waals surface area (Å²) < 4.78 is 48.3. The highest BCUT2D eigenvalue weighted by atomic mass is 16.8. The maximum atomic E-state index is 14.3. The van der Waals surface area contributed by atoms with Crippen LogP contribution in [0.5, 0.6) is 0 Å². The van der Waals surface area contributed by atoms with Crippen molar-refractivity contribution in [2.45, 2.75) is 204 Å². The number of carbonyl (C=O) groups is 3. The Labute approximate surface area is 406 Å². The molecular formula is C49H74O21. The summed E-state index contributed by atoms with van der Waals surface area (Å²) in [5, 5.41) is 107. The van der Waals surface area contributed by atoms with Gasteiger partial charge in [0, 0.05) is 30.6 Å². The summed E-state index contributed by atoms with van der Waals surface area (Å²) in [6, 6.07) is 0. The molecule has 396 valence electrons. The van der Waals surface area contributed by atoms with Crippen molar-refractivity contribution in [2.24, 2.45) is 50.2 Å². The molecule has 2 bridgehead atoms. The van der Waals surface area contributed by atoms with Gasteiger partial charge in [0.2, 0.25) is 0 Å². The Kier molecular flexibility index (Phi) is 13.6.